The SMILES string of the molecule is Cc1cc(NCc2ccc3[nH]ccc3c2)nc(Nc2cccc3[nH]ccc23)n1. The predicted molar refractivity (Wildman–Crippen MR) is 114 cm³/mol. The highest BCUT2D eigenvalue weighted by atomic mass is 15.1. The molecule has 3 heterocycles. The standard InChI is InChI=1S/C22H20N6/c1-14-11-21(25-13-15-5-6-18-16(12-15)7-9-23-18)28-22(26-14)27-20-4-2-3-19-17(20)8-10-24-19/h2-12,23-24H,13H2,1H3,(H2,25,26,27,28). The highest BCUT2D eigenvalue weighted by Crippen LogP contribution is 2.25. The molecule has 4 N–H and O–H groups in total. The quantitative estimate of drug-likeness (QED) is 0.348. The van der Waals surface area contributed by atoms with Crippen molar-refractivity contribution in [1.29, 1.82) is 0 Å². The average Bonchev–Trinajstić information content (AvgIpc) is 3.35. The molecule has 5 rings (SSSR count). The van der Waals surface area contributed by atoms with Crippen molar-refractivity contribution in [3.05, 3.63) is 78.2 Å². The summed E-state index contributed by atoms with van der Waals surface area (Å²) < 4.78 is 0. The van der Waals surface area contributed by atoms with E-state index in [0.29, 0.717) is 12.5 Å². The van der Waals surface area contributed by atoms with Crippen LogP contribution in [-0.4, -0.2) is 19.9 Å². The molecule has 0 amide bonds. The van der Waals surface area contributed by atoms with Gasteiger partial charge in [-0.05, 0) is 54.3 Å². The highest BCUT2D eigenvalue weighted by molar-refractivity contribution is 5.93. The van der Waals surface area contributed by atoms with E-state index in [9.17, 15) is 0 Å². The lowest BCUT2D eigenvalue weighted by Gasteiger charge is -2.11. The maximum atomic E-state index is 4.64. The molecule has 0 bridgehead atoms. The molecule has 3 aromatic heterocycles. The fraction of sp³-hybridized carbons (Fsp3) is 0.0909. The van der Waals surface area contributed by atoms with Crippen LogP contribution in [0.5, 0.6) is 0 Å². The molecular weight excluding hydrogens is 348 g/mol. The number of anilines is 3. The summed E-state index contributed by atoms with van der Waals surface area (Å²) in [5, 5.41) is 9.08. The average molecular weight is 368 g/mol. The van der Waals surface area contributed by atoms with Gasteiger partial charge in [-0.1, -0.05) is 12.1 Å². The van der Waals surface area contributed by atoms with E-state index in [4.69, 9.17) is 0 Å². The number of hydrogen-bond donors (Lipinski definition) is 4. The Balaban J connectivity index is 1.37. The molecule has 0 spiro atoms. The van der Waals surface area contributed by atoms with Gasteiger partial charge in [0.25, 0.3) is 0 Å². The first-order chi connectivity index (χ1) is 13.7. The van der Waals surface area contributed by atoms with Crippen molar-refractivity contribution in [2.45, 2.75) is 13.5 Å². The van der Waals surface area contributed by atoms with Crippen LogP contribution in [0.4, 0.5) is 17.5 Å². The second kappa shape index (κ2) is 6.74. The van der Waals surface area contributed by atoms with Crippen molar-refractivity contribution in [3.63, 3.8) is 0 Å². The Morgan fingerprint density at radius 2 is 1.79 bits per heavy atom. The van der Waals surface area contributed by atoms with E-state index in [2.05, 4.69) is 54.8 Å². The van der Waals surface area contributed by atoms with E-state index in [-0.39, 0.29) is 0 Å². The summed E-state index contributed by atoms with van der Waals surface area (Å²) in [6, 6.07) is 18.6. The van der Waals surface area contributed by atoms with Crippen LogP contribution in [0.25, 0.3) is 21.8 Å². The maximum absolute atomic E-state index is 4.64. The van der Waals surface area contributed by atoms with Crippen LogP contribution in [-0.2, 0) is 6.54 Å². The summed E-state index contributed by atoms with van der Waals surface area (Å²) >= 11 is 0. The van der Waals surface area contributed by atoms with Crippen LogP contribution < -0.4 is 10.6 Å². The smallest absolute Gasteiger partial charge is 0.229 e. The van der Waals surface area contributed by atoms with Gasteiger partial charge in [-0.2, -0.15) is 4.98 Å². The third-order valence-electron chi connectivity index (χ3n) is 4.79. The summed E-state index contributed by atoms with van der Waals surface area (Å²) in [7, 11) is 0. The van der Waals surface area contributed by atoms with Gasteiger partial charge in [0.2, 0.25) is 5.95 Å². The number of nitrogens with one attached hydrogen (secondary N) is 4. The summed E-state index contributed by atoms with van der Waals surface area (Å²) in [5.74, 6) is 1.38. The number of aromatic amines is 2. The molecule has 0 unspecified atom stereocenters. The summed E-state index contributed by atoms with van der Waals surface area (Å²) in [4.78, 5) is 15.6. The lowest BCUT2D eigenvalue weighted by molar-refractivity contribution is 1.06. The second-order valence-electron chi connectivity index (χ2n) is 6.84. The van der Waals surface area contributed by atoms with Gasteiger partial charge in [0.1, 0.15) is 5.82 Å². The molecular formula is C22H20N6. The van der Waals surface area contributed by atoms with Gasteiger partial charge >= 0.3 is 0 Å². The van der Waals surface area contributed by atoms with Gasteiger partial charge in [0.15, 0.2) is 0 Å². The number of rotatable bonds is 5. The number of aromatic nitrogens is 4. The van der Waals surface area contributed by atoms with Crippen LogP contribution in [0.15, 0.2) is 67.0 Å². The first kappa shape index (κ1) is 16.4. The predicted octanol–water partition coefficient (Wildman–Crippen LogP) is 5.10. The maximum Gasteiger partial charge on any atom is 0.229 e. The molecule has 6 heteroatoms. The minimum absolute atomic E-state index is 0.581. The van der Waals surface area contributed by atoms with Gasteiger partial charge in [0, 0.05) is 47.1 Å². The van der Waals surface area contributed by atoms with Crippen molar-refractivity contribution in [2.75, 3.05) is 10.6 Å². The number of H-pyrrole nitrogens is 2. The monoisotopic (exact) mass is 368 g/mol. The molecule has 0 aliphatic carbocycles. The van der Waals surface area contributed by atoms with E-state index in [0.717, 1.165) is 33.6 Å². The number of fused-ring (bicyclic) bond motifs is 2. The Bertz CT molecular complexity index is 1270. The Morgan fingerprint density at radius 3 is 2.75 bits per heavy atom. The molecule has 0 atom stereocenters. The minimum atomic E-state index is 0.581. The Labute approximate surface area is 162 Å². The lowest BCUT2D eigenvalue weighted by atomic mass is 10.1. The fourth-order valence-electron chi connectivity index (χ4n) is 3.44. The lowest BCUT2D eigenvalue weighted by Crippen LogP contribution is -2.05. The van der Waals surface area contributed by atoms with Crippen molar-refractivity contribution < 1.29 is 0 Å². The van der Waals surface area contributed by atoms with E-state index in [1.807, 2.05) is 49.6 Å². The van der Waals surface area contributed by atoms with Gasteiger partial charge in [-0.15, -0.1) is 0 Å². The summed E-state index contributed by atoms with van der Waals surface area (Å²) in [5.41, 5.74) is 5.31. The van der Waals surface area contributed by atoms with E-state index in [1.165, 1.54) is 10.9 Å². The molecule has 2 aromatic carbocycles. The Hall–Kier alpha value is -3.80. The van der Waals surface area contributed by atoms with E-state index < -0.39 is 0 Å². The van der Waals surface area contributed by atoms with Crippen molar-refractivity contribution in [2.24, 2.45) is 0 Å². The van der Waals surface area contributed by atoms with E-state index in [1.54, 1.807) is 0 Å². The van der Waals surface area contributed by atoms with Crippen LogP contribution in [0.1, 0.15) is 11.3 Å². The molecule has 0 aliphatic heterocycles. The molecule has 138 valence electrons. The Kier molecular flexibility index (Phi) is 3.94. The van der Waals surface area contributed by atoms with Gasteiger partial charge < -0.3 is 20.6 Å². The minimum Gasteiger partial charge on any atom is -0.366 e. The number of benzene rings is 2. The van der Waals surface area contributed by atoms with Crippen LogP contribution >= 0.6 is 0 Å². The molecule has 5 aromatic rings. The zero-order valence-electron chi connectivity index (χ0n) is 15.5. The summed E-state index contributed by atoms with van der Waals surface area (Å²) in [6.07, 6.45) is 3.89. The van der Waals surface area contributed by atoms with Gasteiger partial charge in [0.05, 0.1) is 5.69 Å². The topological polar surface area (TPSA) is 81.4 Å². The summed E-state index contributed by atoms with van der Waals surface area (Å²) in [6.45, 7) is 2.67. The third-order valence-corrected chi connectivity index (χ3v) is 4.79. The molecule has 0 fully saturated rings. The van der Waals surface area contributed by atoms with Gasteiger partial charge in [-0.3, -0.25) is 0 Å². The first-order valence-corrected chi connectivity index (χ1v) is 9.23. The fourth-order valence-corrected chi connectivity index (χ4v) is 3.44. The second-order valence-corrected chi connectivity index (χ2v) is 6.84. The number of nitrogens with zero attached hydrogens (tertiary/aromatic N) is 2. The van der Waals surface area contributed by atoms with Crippen LogP contribution in [0.2, 0.25) is 0 Å². The molecule has 0 aliphatic rings. The molecule has 0 saturated heterocycles. The van der Waals surface area contributed by atoms with E-state index >= 15 is 0 Å². The zero-order valence-corrected chi connectivity index (χ0v) is 15.5. The third kappa shape index (κ3) is 3.16. The van der Waals surface area contributed by atoms with Crippen LogP contribution in [0.3, 0.4) is 0 Å². The number of hydrogen-bond acceptors (Lipinski definition) is 4. The first-order valence-electron chi connectivity index (χ1n) is 9.23. The molecule has 6 nitrogen and oxygen atoms in total. The molecule has 0 saturated carbocycles. The zero-order chi connectivity index (χ0) is 18.9. The van der Waals surface area contributed by atoms with Crippen molar-refractivity contribution >= 4 is 39.3 Å². The van der Waals surface area contributed by atoms with Crippen molar-refractivity contribution in [1.82, 2.24) is 19.9 Å². The van der Waals surface area contributed by atoms with Crippen LogP contribution in [0, 0.1) is 6.92 Å². The van der Waals surface area contributed by atoms with Gasteiger partial charge in [-0.25, -0.2) is 4.98 Å². The number of aryl methyl sites for hydroxylation is 1. The molecule has 0 radical (unpaired) electrons. The largest absolute Gasteiger partial charge is 0.366 e. The highest BCUT2D eigenvalue weighted by Gasteiger charge is 2.07. The molecule has 28 heavy (non-hydrogen) atoms. The normalized spacial score (nSPS) is 11.2. The Morgan fingerprint density at radius 1 is 0.893 bits per heavy atom. The van der Waals surface area contributed by atoms with Crippen molar-refractivity contribution in [3.8, 4) is 0 Å².